The van der Waals surface area contributed by atoms with Crippen molar-refractivity contribution in [2.45, 2.75) is 78.6 Å². The Morgan fingerprint density at radius 2 is 0.667 bits per heavy atom. The van der Waals surface area contributed by atoms with Crippen LogP contribution in [-0.2, 0) is 19.1 Å². The van der Waals surface area contributed by atoms with Crippen molar-refractivity contribution in [3.63, 3.8) is 0 Å². The van der Waals surface area contributed by atoms with Crippen LogP contribution >= 0.6 is 0 Å². The lowest BCUT2D eigenvalue weighted by molar-refractivity contribution is -0.170. The molecular weight excluding hydrogens is 441 g/mol. The molecule has 0 heterocycles. The summed E-state index contributed by atoms with van der Waals surface area (Å²) >= 11 is 0. The van der Waals surface area contributed by atoms with Gasteiger partial charge in [-0.25, -0.2) is 0 Å². The van der Waals surface area contributed by atoms with Crippen LogP contribution in [0.4, 0.5) is 0 Å². The zero-order valence-electron chi connectivity index (χ0n) is 21.6. The summed E-state index contributed by atoms with van der Waals surface area (Å²) in [5.74, 6) is -0.488. The van der Waals surface area contributed by atoms with Gasteiger partial charge in [0.05, 0.1) is 46.5 Å². The second kappa shape index (κ2) is 6.89. The standard InChI is InChI=1S/C22H42O4Si4/c1-25-19(23)21-15(27(3,4)5)17(29(9,10)11)22(21,20(24)26-2)18(30(12,13)14)16(21)28(6,7)8/h1-14H3. The van der Waals surface area contributed by atoms with Gasteiger partial charge in [-0.3, -0.25) is 9.59 Å². The van der Waals surface area contributed by atoms with E-state index in [1.165, 1.54) is 35.0 Å². The highest BCUT2D eigenvalue weighted by atomic mass is 28.3. The fraction of sp³-hybridized carbons (Fsp3) is 0.727. The van der Waals surface area contributed by atoms with Gasteiger partial charge in [0.25, 0.3) is 0 Å². The lowest BCUT2D eigenvalue weighted by atomic mass is 9.46. The van der Waals surface area contributed by atoms with E-state index < -0.39 is 43.1 Å². The summed E-state index contributed by atoms with van der Waals surface area (Å²) in [6, 6.07) is 0. The number of fused-ring (bicyclic) bond motifs is 1. The maximum Gasteiger partial charge on any atom is 0.321 e. The summed E-state index contributed by atoms with van der Waals surface area (Å²) in [4.78, 5) is 27.7. The fourth-order valence-electron chi connectivity index (χ4n) is 6.40. The molecule has 30 heavy (non-hydrogen) atoms. The van der Waals surface area contributed by atoms with Crippen molar-refractivity contribution in [2.75, 3.05) is 14.2 Å². The molecule has 0 N–H and O–H groups in total. The Bertz CT molecular complexity index is 736. The van der Waals surface area contributed by atoms with E-state index in [1.807, 2.05) is 0 Å². The van der Waals surface area contributed by atoms with Crippen LogP contribution in [0.1, 0.15) is 0 Å². The quantitative estimate of drug-likeness (QED) is 0.374. The largest absolute Gasteiger partial charge is 0.468 e. The minimum atomic E-state index is -1.96. The summed E-state index contributed by atoms with van der Waals surface area (Å²) < 4.78 is 11.1. The Morgan fingerprint density at radius 1 is 0.500 bits per heavy atom. The van der Waals surface area contributed by atoms with Crippen molar-refractivity contribution < 1.29 is 19.1 Å². The van der Waals surface area contributed by atoms with Crippen LogP contribution in [0.3, 0.4) is 0 Å². The van der Waals surface area contributed by atoms with Crippen molar-refractivity contribution in [1.82, 2.24) is 0 Å². The number of carbonyl (C=O) groups is 2. The summed E-state index contributed by atoms with van der Waals surface area (Å²) in [5.41, 5.74) is -1.87. The van der Waals surface area contributed by atoms with Gasteiger partial charge in [-0.2, -0.15) is 0 Å². The molecule has 0 spiro atoms. The number of ether oxygens (including phenoxy) is 2. The maximum atomic E-state index is 13.8. The van der Waals surface area contributed by atoms with Crippen LogP contribution in [0.25, 0.3) is 0 Å². The van der Waals surface area contributed by atoms with Crippen LogP contribution in [0.15, 0.2) is 20.8 Å². The molecule has 0 saturated heterocycles. The molecule has 0 radical (unpaired) electrons. The van der Waals surface area contributed by atoms with E-state index >= 15 is 0 Å². The molecule has 0 amide bonds. The third-order valence-corrected chi connectivity index (χ3v) is 15.5. The topological polar surface area (TPSA) is 52.6 Å². The number of rotatable bonds is 6. The van der Waals surface area contributed by atoms with Crippen LogP contribution in [0.5, 0.6) is 0 Å². The average Bonchev–Trinajstić information content (AvgIpc) is 2.49. The van der Waals surface area contributed by atoms with Gasteiger partial charge in [0.2, 0.25) is 0 Å². The van der Waals surface area contributed by atoms with Crippen molar-refractivity contribution in [2.24, 2.45) is 10.8 Å². The van der Waals surface area contributed by atoms with E-state index in [4.69, 9.17) is 9.47 Å². The smallest absolute Gasteiger partial charge is 0.321 e. The molecule has 0 saturated carbocycles. The van der Waals surface area contributed by atoms with Crippen molar-refractivity contribution in [3.05, 3.63) is 20.8 Å². The van der Waals surface area contributed by atoms with E-state index in [2.05, 4.69) is 78.6 Å². The summed E-state index contributed by atoms with van der Waals surface area (Å²) in [5, 5.41) is 5.08. The zero-order valence-corrected chi connectivity index (χ0v) is 25.6. The molecule has 0 fully saturated rings. The Hall–Kier alpha value is -0.712. The van der Waals surface area contributed by atoms with E-state index in [0.717, 1.165) is 0 Å². The summed E-state index contributed by atoms with van der Waals surface area (Å²) in [7, 11) is -4.88. The molecular formula is C22H42O4Si4. The first-order valence-electron chi connectivity index (χ1n) is 10.9. The number of esters is 2. The highest BCUT2D eigenvalue weighted by Crippen LogP contribution is 2.81. The lowest BCUT2D eigenvalue weighted by Gasteiger charge is -2.74. The number of methoxy groups -OCH3 is 2. The van der Waals surface area contributed by atoms with Gasteiger partial charge in [-0.05, 0) is 0 Å². The zero-order chi connectivity index (χ0) is 23.9. The second-order valence-electron chi connectivity index (χ2n) is 13.0. The maximum absolute atomic E-state index is 13.8. The summed E-state index contributed by atoms with van der Waals surface area (Å²) in [6.45, 7) is 27.7. The minimum Gasteiger partial charge on any atom is -0.468 e. The predicted octanol–water partition coefficient (Wildman–Crippen LogP) is 5.44. The minimum absolute atomic E-state index is 0.244. The van der Waals surface area contributed by atoms with Crippen LogP contribution in [-0.4, -0.2) is 58.5 Å². The van der Waals surface area contributed by atoms with E-state index in [1.54, 1.807) is 0 Å². The van der Waals surface area contributed by atoms with Crippen molar-refractivity contribution >= 4 is 44.2 Å². The normalized spacial score (nSPS) is 27.3. The monoisotopic (exact) mass is 482 g/mol. The van der Waals surface area contributed by atoms with Gasteiger partial charge in [-0.1, -0.05) is 99.3 Å². The molecule has 2 rings (SSSR count). The highest BCUT2D eigenvalue weighted by molar-refractivity contribution is 6.96. The lowest BCUT2D eigenvalue weighted by Crippen LogP contribution is -2.80. The Kier molecular flexibility index (Phi) is 5.87. The molecule has 170 valence electrons. The van der Waals surface area contributed by atoms with Gasteiger partial charge in [-0.15, -0.1) is 0 Å². The molecule has 0 aromatic carbocycles. The molecule has 0 bridgehead atoms. The third kappa shape index (κ3) is 2.93. The van der Waals surface area contributed by atoms with E-state index in [-0.39, 0.29) is 11.9 Å². The molecule has 4 nitrogen and oxygen atoms in total. The van der Waals surface area contributed by atoms with Gasteiger partial charge in [0, 0.05) is 0 Å². The molecule has 0 unspecified atom stereocenters. The number of hydrogen-bond donors (Lipinski definition) is 0. The number of carbonyl (C=O) groups excluding carboxylic acids is 2. The predicted molar refractivity (Wildman–Crippen MR) is 136 cm³/mol. The van der Waals surface area contributed by atoms with Crippen molar-refractivity contribution in [3.8, 4) is 0 Å². The molecule has 0 atom stereocenters. The van der Waals surface area contributed by atoms with Crippen LogP contribution in [0, 0.1) is 10.8 Å². The molecule has 0 aromatic heterocycles. The molecule has 0 aliphatic heterocycles. The van der Waals surface area contributed by atoms with Gasteiger partial charge < -0.3 is 9.47 Å². The fourth-order valence-corrected chi connectivity index (χ4v) is 21.1. The van der Waals surface area contributed by atoms with Gasteiger partial charge in [0.1, 0.15) is 10.8 Å². The van der Waals surface area contributed by atoms with Gasteiger partial charge >= 0.3 is 11.9 Å². The molecule has 2 aliphatic rings. The van der Waals surface area contributed by atoms with E-state index in [9.17, 15) is 9.59 Å². The molecule has 8 heteroatoms. The summed E-state index contributed by atoms with van der Waals surface area (Å²) in [6.07, 6.45) is 0. The molecule has 2 aliphatic carbocycles. The third-order valence-electron chi connectivity index (χ3n) is 6.55. The SMILES string of the molecule is COC(=O)C12C([Si](C)(C)C)=C([Si](C)(C)C)C1(C(=O)OC)C([Si](C)(C)C)=C2[Si](C)(C)C. The average molecular weight is 483 g/mol. The Labute approximate surface area is 187 Å². The van der Waals surface area contributed by atoms with Crippen LogP contribution < -0.4 is 0 Å². The van der Waals surface area contributed by atoms with Crippen LogP contribution in [0.2, 0.25) is 78.6 Å². The van der Waals surface area contributed by atoms with Gasteiger partial charge in [0.15, 0.2) is 0 Å². The number of hydrogen-bond acceptors (Lipinski definition) is 4. The highest BCUT2D eigenvalue weighted by Gasteiger charge is 2.86. The van der Waals surface area contributed by atoms with E-state index in [0.29, 0.717) is 0 Å². The first kappa shape index (κ1) is 25.5. The first-order valence-corrected chi connectivity index (χ1v) is 24.9. The first-order chi connectivity index (χ1) is 13.2. The second-order valence-corrected chi connectivity index (χ2v) is 33.0. The van der Waals surface area contributed by atoms with Crippen molar-refractivity contribution in [1.29, 1.82) is 0 Å². The Balaban J connectivity index is 3.26. The Morgan fingerprint density at radius 3 is 0.767 bits per heavy atom. The molecule has 0 aromatic rings.